The van der Waals surface area contributed by atoms with E-state index in [4.69, 9.17) is 9.47 Å². The van der Waals surface area contributed by atoms with Crippen LogP contribution in [-0.4, -0.2) is 23.4 Å². The van der Waals surface area contributed by atoms with Crippen LogP contribution in [0.1, 0.15) is 0 Å². The van der Waals surface area contributed by atoms with Crippen LogP contribution in [0, 0.1) is 0 Å². The Balaban J connectivity index is 0.000000157. The van der Waals surface area contributed by atoms with Crippen molar-refractivity contribution in [1.82, 2.24) is 9.13 Å². The summed E-state index contributed by atoms with van der Waals surface area (Å²) in [5, 5.41) is 2.38. The SMILES string of the molecule is COc1ccc(-c2ccc(-n3cc(-c4cc(-c5ccccc5)cc(-c5ccccc5)c4)c4cc(-c5cc(-c6ccccc6)cc(-c6ccccc6)c5)ccc43)cc2)cc1.COc1cccc(-c2ccc(-n3cc(-c4cc(-c5ccccc5)cc(-c5ccccc5)c4)c4cc(-c5cc(-c6ccccc6)cc(-c6ccccc6)c5)ccc43)cc2)c1. The normalized spacial score (nSPS) is 11.1. The lowest BCUT2D eigenvalue weighted by Crippen LogP contribution is -1.92. The van der Waals surface area contributed by atoms with Gasteiger partial charge >= 0.3 is 0 Å². The predicted octanol–water partition coefficient (Wildman–Crippen LogP) is 30.6. The van der Waals surface area contributed by atoms with E-state index in [1.807, 2.05) is 24.3 Å². The highest BCUT2D eigenvalue weighted by molar-refractivity contribution is 6.03. The van der Waals surface area contributed by atoms with Gasteiger partial charge in [0, 0.05) is 45.7 Å². The molecule has 118 heavy (non-hydrogen) atoms. The van der Waals surface area contributed by atoms with Crippen LogP contribution in [0.3, 0.4) is 0 Å². The second kappa shape index (κ2) is 33.0. The zero-order valence-electron chi connectivity index (χ0n) is 65.6. The van der Waals surface area contributed by atoms with Crippen LogP contribution < -0.4 is 9.47 Å². The first-order valence-corrected chi connectivity index (χ1v) is 40.2. The van der Waals surface area contributed by atoms with Gasteiger partial charge in [0.25, 0.3) is 0 Å². The number of hydrogen-bond donors (Lipinski definition) is 0. The molecule has 0 atom stereocenters. The van der Waals surface area contributed by atoms with Gasteiger partial charge in [0.05, 0.1) is 25.3 Å². The summed E-state index contributed by atoms with van der Waals surface area (Å²) in [5.74, 6) is 1.70. The van der Waals surface area contributed by atoms with Crippen LogP contribution in [0.5, 0.6) is 11.5 Å². The molecule has 20 aromatic rings. The maximum absolute atomic E-state index is 5.53. The Morgan fingerprint density at radius 2 is 0.364 bits per heavy atom. The first-order valence-electron chi connectivity index (χ1n) is 40.2. The number of benzene rings is 18. The van der Waals surface area contributed by atoms with Crippen molar-refractivity contribution in [2.75, 3.05) is 14.2 Å². The number of hydrogen-bond acceptors (Lipinski definition) is 2. The zero-order chi connectivity index (χ0) is 79.1. The molecule has 4 heteroatoms. The van der Waals surface area contributed by atoms with Crippen LogP contribution >= 0.6 is 0 Å². The molecule has 0 N–H and O–H groups in total. The lowest BCUT2D eigenvalue weighted by atomic mass is 9.91. The van der Waals surface area contributed by atoms with Gasteiger partial charge in [-0.25, -0.2) is 0 Å². The zero-order valence-corrected chi connectivity index (χ0v) is 65.6. The summed E-state index contributed by atoms with van der Waals surface area (Å²) in [6, 6.07) is 162. The van der Waals surface area contributed by atoms with Crippen LogP contribution in [0.4, 0.5) is 0 Å². The Hall–Kier alpha value is -15.4. The van der Waals surface area contributed by atoms with E-state index in [1.165, 1.54) is 144 Å². The van der Waals surface area contributed by atoms with E-state index in [1.54, 1.807) is 14.2 Å². The fourth-order valence-corrected chi connectivity index (χ4v) is 16.5. The van der Waals surface area contributed by atoms with Crippen LogP contribution in [-0.2, 0) is 0 Å². The van der Waals surface area contributed by atoms with Gasteiger partial charge in [-0.3, -0.25) is 0 Å². The van der Waals surface area contributed by atoms with Gasteiger partial charge in [-0.1, -0.05) is 303 Å². The molecule has 20 rings (SSSR count). The van der Waals surface area contributed by atoms with Crippen molar-refractivity contribution in [2.24, 2.45) is 0 Å². The van der Waals surface area contributed by atoms with Crippen LogP contribution in [0.15, 0.2) is 461 Å². The van der Waals surface area contributed by atoms with Crippen LogP contribution in [0.2, 0.25) is 0 Å². The molecule has 0 saturated heterocycles. The van der Waals surface area contributed by atoms with Crippen molar-refractivity contribution >= 4 is 21.8 Å². The van der Waals surface area contributed by atoms with Crippen molar-refractivity contribution in [2.45, 2.75) is 0 Å². The summed E-state index contributed by atoms with van der Waals surface area (Å²) in [7, 11) is 3.41. The number of aromatic nitrogens is 2. The fraction of sp³-hybridized carbons (Fsp3) is 0.0175. The van der Waals surface area contributed by atoms with Gasteiger partial charge in [0.1, 0.15) is 11.5 Å². The quantitative estimate of drug-likeness (QED) is 0.0856. The van der Waals surface area contributed by atoms with E-state index in [0.29, 0.717) is 0 Å². The lowest BCUT2D eigenvalue weighted by molar-refractivity contribution is 0.415. The minimum Gasteiger partial charge on any atom is -0.497 e. The third kappa shape index (κ3) is 15.4. The van der Waals surface area contributed by atoms with E-state index in [-0.39, 0.29) is 0 Å². The number of methoxy groups -OCH3 is 2. The molecular weight excluding hydrogens is 1430 g/mol. The van der Waals surface area contributed by atoms with Crippen molar-refractivity contribution in [1.29, 1.82) is 0 Å². The third-order valence-corrected chi connectivity index (χ3v) is 22.6. The number of ether oxygens (including phenoxy) is 2. The first-order chi connectivity index (χ1) is 58.3. The average Bonchev–Trinajstić information content (AvgIpc) is 1.59. The van der Waals surface area contributed by atoms with Gasteiger partial charge in [0.2, 0.25) is 0 Å². The van der Waals surface area contributed by atoms with Gasteiger partial charge in [0.15, 0.2) is 0 Å². The summed E-state index contributed by atoms with van der Waals surface area (Å²) in [6.07, 6.45) is 4.65. The third-order valence-electron chi connectivity index (χ3n) is 22.6. The Bertz CT molecular complexity index is 6670. The molecule has 18 aromatic carbocycles. The monoisotopic (exact) mass is 1510 g/mol. The molecule has 0 unspecified atom stereocenters. The Morgan fingerprint density at radius 1 is 0.153 bits per heavy atom. The van der Waals surface area contributed by atoms with Crippen molar-refractivity contribution in [3.8, 4) is 179 Å². The summed E-state index contributed by atoms with van der Waals surface area (Å²) in [4.78, 5) is 0. The minimum atomic E-state index is 0.848. The molecule has 0 fully saturated rings. The van der Waals surface area contributed by atoms with E-state index >= 15 is 0 Å². The van der Waals surface area contributed by atoms with Gasteiger partial charge in [-0.15, -0.1) is 0 Å². The largest absolute Gasteiger partial charge is 0.497 e. The van der Waals surface area contributed by atoms with Gasteiger partial charge in [-0.2, -0.15) is 0 Å². The second-order valence-electron chi connectivity index (χ2n) is 30.0. The summed E-state index contributed by atoms with van der Waals surface area (Å²) in [5.41, 5.74) is 37.5. The standard InChI is InChI=1S/2C57H41NO/c1-59-54-24-14-23-45(37-54)44-25-28-53(29-26-44)58-39-56(52-35-49(42-19-10-4-11-20-42)32-50(36-52)43-21-12-5-13-22-43)55-38-46(27-30-57(55)58)51-33-47(40-15-6-2-7-16-40)31-48(34-51)41-17-8-3-9-18-41;1-59-54-29-24-45(25-30-54)44-22-27-53(28-23-44)58-39-56(52-36-49(42-18-10-4-11-19-42)33-50(37-52)43-20-12-5-13-21-43)55-38-46(26-31-57(55)58)51-34-47(40-14-6-2-7-15-40)32-48(35-51)41-16-8-3-9-17-41/h2*2-39H,1H3. The van der Waals surface area contributed by atoms with E-state index < -0.39 is 0 Å². The molecule has 2 aromatic heterocycles. The molecule has 0 aliphatic carbocycles. The maximum atomic E-state index is 5.53. The van der Waals surface area contributed by atoms with Crippen molar-refractivity contribution in [3.05, 3.63) is 461 Å². The highest BCUT2D eigenvalue weighted by Crippen LogP contribution is 2.45. The fourth-order valence-electron chi connectivity index (χ4n) is 16.5. The van der Waals surface area contributed by atoms with Crippen molar-refractivity contribution in [3.63, 3.8) is 0 Å². The molecule has 4 nitrogen and oxygen atoms in total. The minimum absolute atomic E-state index is 0.848. The Kier molecular flexibility index (Phi) is 20.4. The molecule has 0 radical (unpaired) electrons. The topological polar surface area (TPSA) is 28.3 Å². The number of fused-ring (bicyclic) bond motifs is 2. The molecule has 560 valence electrons. The van der Waals surface area contributed by atoms with E-state index in [2.05, 4.69) is 446 Å². The molecule has 0 spiro atoms. The maximum Gasteiger partial charge on any atom is 0.119 e. The summed E-state index contributed by atoms with van der Waals surface area (Å²) in [6.45, 7) is 0. The molecule has 0 aliphatic heterocycles. The molecular formula is C114H82N2O2. The van der Waals surface area contributed by atoms with E-state index in [0.717, 1.165) is 56.2 Å². The summed E-state index contributed by atoms with van der Waals surface area (Å²) < 4.78 is 15.6. The van der Waals surface area contributed by atoms with Gasteiger partial charge < -0.3 is 18.6 Å². The highest BCUT2D eigenvalue weighted by atomic mass is 16.5. The predicted molar refractivity (Wildman–Crippen MR) is 496 cm³/mol. The van der Waals surface area contributed by atoms with Crippen LogP contribution in [0.25, 0.3) is 189 Å². The van der Waals surface area contributed by atoms with E-state index in [9.17, 15) is 0 Å². The Labute approximate surface area is 690 Å². The second-order valence-corrected chi connectivity index (χ2v) is 30.0. The Morgan fingerprint density at radius 3 is 0.636 bits per heavy atom. The number of rotatable bonds is 18. The highest BCUT2D eigenvalue weighted by Gasteiger charge is 2.21. The molecule has 2 heterocycles. The smallest absolute Gasteiger partial charge is 0.119 e. The molecule has 0 saturated carbocycles. The first kappa shape index (κ1) is 72.9. The molecule has 0 amide bonds. The average molecular weight is 1510 g/mol. The molecule has 0 aliphatic rings. The summed E-state index contributed by atoms with van der Waals surface area (Å²) >= 11 is 0. The lowest BCUT2D eigenvalue weighted by Gasteiger charge is -2.13. The van der Waals surface area contributed by atoms with Crippen molar-refractivity contribution < 1.29 is 9.47 Å². The number of nitrogens with zero attached hydrogens (tertiary/aromatic N) is 2. The molecule has 0 bridgehead atoms. The van der Waals surface area contributed by atoms with Gasteiger partial charge in [-0.05, 0) is 290 Å².